The molecule has 0 spiro atoms. The molecule has 4 N–H and O–H groups in total. The molecule has 160 valence electrons. The second kappa shape index (κ2) is 11.6. The largest absolute Gasteiger partial charge is 0.376 e. The van der Waals surface area contributed by atoms with Crippen LogP contribution in [0, 0.1) is 0 Å². The molecule has 2 rings (SSSR count). The summed E-state index contributed by atoms with van der Waals surface area (Å²) >= 11 is 0. The first-order chi connectivity index (χ1) is 14.4. The quantitative estimate of drug-likeness (QED) is 0.476. The van der Waals surface area contributed by atoms with E-state index < -0.39 is 0 Å². The number of anilines is 3. The minimum atomic E-state index is -0.217. The molecule has 0 radical (unpaired) electrons. The van der Waals surface area contributed by atoms with Gasteiger partial charge in [-0.2, -0.15) is 0 Å². The molecule has 0 aliphatic carbocycles. The van der Waals surface area contributed by atoms with Crippen LogP contribution in [0.5, 0.6) is 0 Å². The molecule has 0 bridgehead atoms. The Morgan fingerprint density at radius 2 is 1.50 bits per heavy atom. The van der Waals surface area contributed by atoms with Gasteiger partial charge < -0.3 is 21.3 Å². The van der Waals surface area contributed by atoms with E-state index in [2.05, 4.69) is 21.3 Å². The summed E-state index contributed by atoms with van der Waals surface area (Å²) in [5.74, 6) is -0.380. The van der Waals surface area contributed by atoms with Gasteiger partial charge in [0.05, 0.1) is 6.54 Å². The third kappa shape index (κ3) is 7.58. The van der Waals surface area contributed by atoms with E-state index in [1.807, 2.05) is 20.8 Å². The van der Waals surface area contributed by atoms with E-state index in [9.17, 15) is 14.4 Å². The Hall–Kier alpha value is -3.35. The Labute approximate surface area is 177 Å². The zero-order valence-corrected chi connectivity index (χ0v) is 17.7. The third-order valence-electron chi connectivity index (χ3n) is 4.50. The molecule has 7 heteroatoms. The monoisotopic (exact) mass is 410 g/mol. The summed E-state index contributed by atoms with van der Waals surface area (Å²) in [4.78, 5) is 36.0. The van der Waals surface area contributed by atoms with Crippen molar-refractivity contribution < 1.29 is 14.4 Å². The van der Waals surface area contributed by atoms with Crippen molar-refractivity contribution in [3.63, 3.8) is 0 Å². The summed E-state index contributed by atoms with van der Waals surface area (Å²) in [5.41, 5.74) is 2.57. The average Bonchev–Trinajstić information content (AvgIpc) is 2.73. The lowest BCUT2D eigenvalue weighted by molar-refractivity contribution is -0.116. The molecule has 0 aliphatic heterocycles. The first-order valence-corrected chi connectivity index (χ1v) is 10.3. The van der Waals surface area contributed by atoms with Crippen LogP contribution in [-0.4, -0.2) is 30.3 Å². The van der Waals surface area contributed by atoms with E-state index in [1.165, 1.54) is 0 Å². The average molecular weight is 411 g/mol. The van der Waals surface area contributed by atoms with Crippen molar-refractivity contribution in [2.45, 2.75) is 46.1 Å². The van der Waals surface area contributed by atoms with Gasteiger partial charge in [0.15, 0.2) is 0 Å². The molecule has 0 aliphatic rings. The van der Waals surface area contributed by atoms with E-state index in [4.69, 9.17) is 0 Å². The van der Waals surface area contributed by atoms with Gasteiger partial charge in [0, 0.05) is 35.1 Å². The van der Waals surface area contributed by atoms with Crippen molar-refractivity contribution >= 4 is 34.8 Å². The SMILES string of the molecule is CCCC(=O)Nc1cccc(NC(=O)CNc2ccc(C(=O)NC(C)CC)cc2)c1. The van der Waals surface area contributed by atoms with Crippen LogP contribution in [0.4, 0.5) is 17.1 Å². The minimum absolute atomic E-state index is 0.0519. The second-order valence-electron chi connectivity index (χ2n) is 7.14. The standard InChI is InChI=1S/C23H30N4O3/c1-4-7-21(28)26-19-8-6-9-20(14-19)27-22(29)15-24-18-12-10-17(11-13-18)23(30)25-16(3)5-2/h6,8-14,16,24H,4-5,7,15H2,1-3H3,(H,25,30)(H,26,28)(H,27,29). The zero-order chi connectivity index (χ0) is 21.9. The number of hydrogen-bond acceptors (Lipinski definition) is 4. The predicted octanol–water partition coefficient (Wildman–Crippen LogP) is 4.00. The van der Waals surface area contributed by atoms with Crippen molar-refractivity contribution in [1.82, 2.24) is 5.32 Å². The summed E-state index contributed by atoms with van der Waals surface area (Å²) in [5, 5.41) is 11.6. The fourth-order valence-corrected chi connectivity index (χ4v) is 2.66. The highest BCUT2D eigenvalue weighted by molar-refractivity contribution is 5.96. The number of carbonyl (C=O) groups excluding carboxylic acids is 3. The molecule has 0 fully saturated rings. The van der Waals surface area contributed by atoms with Gasteiger partial charge in [0.25, 0.3) is 5.91 Å². The first-order valence-electron chi connectivity index (χ1n) is 10.3. The molecular formula is C23H30N4O3. The maximum absolute atomic E-state index is 12.2. The van der Waals surface area contributed by atoms with Crippen molar-refractivity contribution in [1.29, 1.82) is 0 Å². The Bertz CT molecular complexity index is 865. The van der Waals surface area contributed by atoms with E-state index in [1.54, 1.807) is 48.5 Å². The van der Waals surface area contributed by atoms with E-state index in [0.717, 1.165) is 18.5 Å². The number of rotatable bonds is 10. The van der Waals surface area contributed by atoms with E-state index >= 15 is 0 Å². The number of nitrogens with one attached hydrogen (secondary N) is 4. The molecule has 3 amide bonds. The van der Waals surface area contributed by atoms with Crippen molar-refractivity contribution in [3.8, 4) is 0 Å². The lowest BCUT2D eigenvalue weighted by Crippen LogP contribution is -2.31. The van der Waals surface area contributed by atoms with Crippen LogP contribution in [0.3, 0.4) is 0 Å². The molecule has 0 saturated heterocycles. The highest BCUT2D eigenvalue weighted by Crippen LogP contribution is 2.16. The predicted molar refractivity (Wildman–Crippen MR) is 121 cm³/mol. The second-order valence-corrected chi connectivity index (χ2v) is 7.14. The molecule has 7 nitrogen and oxygen atoms in total. The normalized spacial score (nSPS) is 11.3. The number of carbonyl (C=O) groups is 3. The number of benzene rings is 2. The van der Waals surface area contributed by atoms with Crippen LogP contribution < -0.4 is 21.3 Å². The Morgan fingerprint density at radius 3 is 2.10 bits per heavy atom. The summed E-state index contributed by atoms with van der Waals surface area (Å²) in [6.07, 6.45) is 2.10. The van der Waals surface area contributed by atoms with Crippen molar-refractivity contribution in [3.05, 3.63) is 54.1 Å². The Kier molecular flexibility index (Phi) is 8.87. The fourth-order valence-electron chi connectivity index (χ4n) is 2.66. The summed E-state index contributed by atoms with van der Waals surface area (Å²) in [6, 6.07) is 14.1. The molecular weight excluding hydrogens is 380 g/mol. The fraction of sp³-hybridized carbons (Fsp3) is 0.348. The van der Waals surface area contributed by atoms with E-state index in [0.29, 0.717) is 23.4 Å². The van der Waals surface area contributed by atoms with E-state index in [-0.39, 0.29) is 30.3 Å². The van der Waals surface area contributed by atoms with Gasteiger partial charge in [-0.25, -0.2) is 0 Å². The lowest BCUT2D eigenvalue weighted by Gasteiger charge is -2.12. The smallest absolute Gasteiger partial charge is 0.251 e. The molecule has 0 saturated carbocycles. The van der Waals surface area contributed by atoms with Gasteiger partial charge in [-0.1, -0.05) is 19.9 Å². The minimum Gasteiger partial charge on any atom is -0.376 e. The first kappa shape index (κ1) is 22.9. The van der Waals surface area contributed by atoms with Crippen LogP contribution in [0.1, 0.15) is 50.4 Å². The molecule has 2 aromatic carbocycles. The molecule has 1 atom stereocenters. The van der Waals surface area contributed by atoms with Crippen LogP contribution >= 0.6 is 0 Å². The molecule has 0 aromatic heterocycles. The topological polar surface area (TPSA) is 99.3 Å². The van der Waals surface area contributed by atoms with Crippen LogP contribution in [0.25, 0.3) is 0 Å². The maximum Gasteiger partial charge on any atom is 0.251 e. The van der Waals surface area contributed by atoms with Gasteiger partial charge >= 0.3 is 0 Å². The van der Waals surface area contributed by atoms with Crippen molar-refractivity contribution in [2.75, 3.05) is 22.5 Å². The lowest BCUT2D eigenvalue weighted by atomic mass is 10.1. The number of amides is 3. The van der Waals surface area contributed by atoms with Gasteiger partial charge in [-0.3, -0.25) is 14.4 Å². The summed E-state index contributed by atoms with van der Waals surface area (Å²) < 4.78 is 0. The molecule has 30 heavy (non-hydrogen) atoms. The van der Waals surface area contributed by atoms with Crippen molar-refractivity contribution in [2.24, 2.45) is 0 Å². The molecule has 1 unspecified atom stereocenters. The highest BCUT2D eigenvalue weighted by Gasteiger charge is 2.09. The summed E-state index contributed by atoms with van der Waals surface area (Å²) in [7, 11) is 0. The molecule has 2 aromatic rings. The van der Waals surface area contributed by atoms with Gasteiger partial charge in [0.1, 0.15) is 0 Å². The van der Waals surface area contributed by atoms with Gasteiger partial charge in [0.2, 0.25) is 11.8 Å². The zero-order valence-electron chi connectivity index (χ0n) is 17.7. The Balaban J connectivity index is 1.84. The Morgan fingerprint density at radius 1 is 0.867 bits per heavy atom. The van der Waals surface area contributed by atoms with Crippen LogP contribution in [-0.2, 0) is 9.59 Å². The van der Waals surface area contributed by atoms with Gasteiger partial charge in [-0.15, -0.1) is 0 Å². The maximum atomic E-state index is 12.2. The summed E-state index contributed by atoms with van der Waals surface area (Å²) in [6.45, 7) is 5.99. The number of hydrogen-bond donors (Lipinski definition) is 4. The molecule has 0 heterocycles. The van der Waals surface area contributed by atoms with Crippen LogP contribution in [0.15, 0.2) is 48.5 Å². The third-order valence-corrected chi connectivity index (χ3v) is 4.50. The van der Waals surface area contributed by atoms with Gasteiger partial charge in [-0.05, 0) is 62.2 Å². The highest BCUT2D eigenvalue weighted by atomic mass is 16.2. The van der Waals surface area contributed by atoms with Crippen LogP contribution in [0.2, 0.25) is 0 Å².